The smallest absolute Gasteiger partial charge is 0.248 e. The van der Waals surface area contributed by atoms with Crippen LogP contribution in [0.25, 0.3) is 11.1 Å². The SMILES string of the molecule is Cc1ccccc1C(C(=O)NC1CCCCC1)N(C(=O)Cn1ccnc1C)c1cccc(-c2cnn(C)c2)c1. The molecule has 0 spiro atoms. The van der Waals surface area contributed by atoms with Crippen molar-refractivity contribution in [1.29, 1.82) is 0 Å². The molecule has 4 aromatic rings. The molecule has 2 aromatic heterocycles. The Morgan fingerprint density at radius 2 is 1.85 bits per heavy atom. The van der Waals surface area contributed by atoms with Gasteiger partial charge in [0.05, 0.1) is 6.20 Å². The molecule has 5 rings (SSSR count). The average Bonchev–Trinajstić information content (AvgIpc) is 3.56. The number of hydrogen-bond acceptors (Lipinski definition) is 4. The highest BCUT2D eigenvalue weighted by Crippen LogP contribution is 2.33. The zero-order valence-electron chi connectivity index (χ0n) is 22.9. The maximum absolute atomic E-state index is 14.2. The summed E-state index contributed by atoms with van der Waals surface area (Å²) < 4.78 is 3.56. The van der Waals surface area contributed by atoms with Gasteiger partial charge in [-0.15, -0.1) is 0 Å². The molecule has 1 N–H and O–H groups in total. The number of carbonyl (C=O) groups excluding carboxylic acids is 2. The maximum Gasteiger partial charge on any atom is 0.248 e. The van der Waals surface area contributed by atoms with Crippen LogP contribution in [0, 0.1) is 13.8 Å². The van der Waals surface area contributed by atoms with Crippen LogP contribution in [0.1, 0.15) is 55.1 Å². The summed E-state index contributed by atoms with van der Waals surface area (Å²) in [6.45, 7) is 3.93. The topological polar surface area (TPSA) is 85.1 Å². The Labute approximate surface area is 229 Å². The lowest BCUT2D eigenvalue weighted by Gasteiger charge is -2.34. The van der Waals surface area contributed by atoms with E-state index in [1.807, 2.05) is 80.2 Å². The molecule has 1 aliphatic rings. The first kappa shape index (κ1) is 26.4. The second-order valence-corrected chi connectivity index (χ2v) is 10.4. The van der Waals surface area contributed by atoms with Gasteiger partial charge in [-0.2, -0.15) is 5.10 Å². The van der Waals surface area contributed by atoms with E-state index >= 15 is 0 Å². The lowest BCUT2D eigenvalue weighted by Crippen LogP contribution is -2.48. The predicted octanol–water partition coefficient (Wildman–Crippen LogP) is 5.12. The first-order valence-electron chi connectivity index (χ1n) is 13.7. The molecular weight excluding hydrogens is 488 g/mol. The second-order valence-electron chi connectivity index (χ2n) is 10.4. The molecule has 1 saturated carbocycles. The number of carbonyl (C=O) groups is 2. The highest BCUT2D eigenvalue weighted by atomic mass is 16.2. The van der Waals surface area contributed by atoms with E-state index in [2.05, 4.69) is 15.4 Å². The molecule has 39 heavy (non-hydrogen) atoms. The number of anilines is 1. The van der Waals surface area contributed by atoms with Crippen molar-refractivity contribution in [2.24, 2.45) is 7.05 Å². The van der Waals surface area contributed by atoms with Crippen molar-refractivity contribution >= 4 is 17.5 Å². The van der Waals surface area contributed by atoms with Crippen molar-refractivity contribution < 1.29 is 9.59 Å². The largest absolute Gasteiger partial charge is 0.351 e. The predicted molar refractivity (Wildman–Crippen MR) is 152 cm³/mol. The maximum atomic E-state index is 14.2. The molecule has 8 nitrogen and oxygen atoms in total. The Balaban J connectivity index is 1.61. The van der Waals surface area contributed by atoms with Crippen LogP contribution < -0.4 is 10.2 Å². The van der Waals surface area contributed by atoms with Gasteiger partial charge in [-0.3, -0.25) is 19.2 Å². The standard InChI is InChI=1S/C31H36N6O2/c1-22-10-7-8-15-28(22)30(31(39)34-26-12-5-4-6-13-26)37(29(38)21-36-17-16-32-23(36)2)27-14-9-11-24(18-27)25-19-33-35(3)20-25/h7-11,14-20,26,30H,4-6,12-13,21H2,1-3H3,(H,34,39). The van der Waals surface area contributed by atoms with Crippen LogP contribution >= 0.6 is 0 Å². The molecule has 1 fully saturated rings. The van der Waals surface area contributed by atoms with E-state index in [0.29, 0.717) is 5.69 Å². The van der Waals surface area contributed by atoms with Crippen LogP contribution in [0.2, 0.25) is 0 Å². The fourth-order valence-corrected chi connectivity index (χ4v) is 5.45. The molecule has 202 valence electrons. The van der Waals surface area contributed by atoms with Crippen molar-refractivity contribution in [2.45, 2.75) is 64.6 Å². The van der Waals surface area contributed by atoms with Crippen molar-refractivity contribution in [3.05, 3.63) is 90.3 Å². The van der Waals surface area contributed by atoms with Crippen molar-refractivity contribution in [1.82, 2.24) is 24.6 Å². The molecule has 0 saturated heterocycles. The fraction of sp³-hybridized carbons (Fsp3) is 0.355. The van der Waals surface area contributed by atoms with E-state index in [4.69, 9.17) is 0 Å². The number of nitrogens with zero attached hydrogens (tertiary/aromatic N) is 5. The van der Waals surface area contributed by atoms with E-state index in [9.17, 15) is 9.59 Å². The molecule has 0 bridgehead atoms. The van der Waals surface area contributed by atoms with Crippen molar-refractivity contribution in [3.8, 4) is 11.1 Å². The van der Waals surface area contributed by atoms with Crippen LogP contribution in [-0.4, -0.2) is 37.2 Å². The van der Waals surface area contributed by atoms with Gasteiger partial charge in [-0.1, -0.05) is 55.7 Å². The Kier molecular flexibility index (Phi) is 7.91. The summed E-state index contributed by atoms with van der Waals surface area (Å²) in [6, 6.07) is 14.9. The summed E-state index contributed by atoms with van der Waals surface area (Å²) >= 11 is 0. The van der Waals surface area contributed by atoms with Gasteiger partial charge in [0.25, 0.3) is 0 Å². The van der Waals surface area contributed by atoms with Crippen LogP contribution in [0.15, 0.2) is 73.3 Å². The molecule has 1 aliphatic carbocycles. The number of amides is 2. The van der Waals surface area contributed by atoms with Gasteiger partial charge in [0.2, 0.25) is 11.8 Å². The Morgan fingerprint density at radius 1 is 1.05 bits per heavy atom. The molecule has 1 unspecified atom stereocenters. The first-order chi connectivity index (χ1) is 18.9. The summed E-state index contributed by atoms with van der Waals surface area (Å²) in [4.78, 5) is 34.3. The van der Waals surface area contributed by atoms with Crippen molar-refractivity contribution in [2.75, 3.05) is 4.90 Å². The van der Waals surface area contributed by atoms with E-state index in [0.717, 1.165) is 53.8 Å². The second kappa shape index (κ2) is 11.7. The summed E-state index contributed by atoms with van der Waals surface area (Å²) in [7, 11) is 1.88. The molecule has 0 radical (unpaired) electrons. The third-order valence-electron chi connectivity index (χ3n) is 7.60. The number of benzene rings is 2. The number of hydrogen-bond donors (Lipinski definition) is 1. The third-order valence-corrected chi connectivity index (χ3v) is 7.60. The summed E-state index contributed by atoms with van der Waals surface area (Å²) in [5.74, 6) is 0.400. The lowest BCUT2D eigenvalue weighted by molar-refractivity contribution is -0.127. The summed E-state index contributed by atoms with van der Waals surface area (Å²) in [6.07, 6.45) is 12.6. The minimum Gasteiger partial charge on any atom is -0.351 e. The van der Waals surface area contributed by atoms with E-state index in [-0.39, 0.29) is 24.4 Å². The number of nitrogens with one attached hydrogen (secondary N) is 1. The fourth-order valence-electron chi connectivity index (χ4n) is 5.45. The van der Waals surface area contributed by atoms with Gasteiger partial charge in [-0.25, -0.2) is 4.98 Å². The average molecular weight is 525 g/mol. The van der Waals surface area contributed by atoms with Crippen molar-refractivity contribution in [3.63, 3.8) is 0 Å². The summed E-state index contributed by atoms with van der Waals surface area (Å²) in [5, 5.41) is 7.62. The number of aromatic nitrogens is 4. The zero-order chi connectivity index (χ0) is 27.4. The molecule has 2 heterocycles. The normalized spacial score (nSPS) is 14.6. The molecule has 2 amide bonds. The highest BCUT2D eigenvalue weighted by molar-refractivity contribution is 6.02. The first-order valence-corrected chi connectivity index (χ1v) is 13.7. The molecule has 1 atom stereocenters. The Hall–Kier alpha value is -4.20. The molecule has 0 aliphatic heterocycles. The molecular formula is C31H36N6O2. The highest BCUT2D eigenvalue weighted by Gasteiger charge is 2.35. The Bertz CT molecular complexity index is 1450. The van der Waals surface area contributed by atoms with Gasteiger partial charge >= 0.3 is 0 Å². The van der Waals surface area contributed by atoms with Crippen LogP contribution in [0.5, 0.6) is 0 Å². The van der Waals surface area contributed by atoms with Crippen LogP contribution in [0.4, 0.5) is 5.69 Å². The monoisotopic (exact) mass is 524 g/mol. The van der Waals surface area contributed by atoms with E-state index in [1.165, 1.54) is 6.42 Å². The van der Waals surface area contributed by atoms with Crippen LogP contribution in [-0.2, 0) is 23.2 Å². The number of imidazole rings is 1. The number of rotatable bonds is 8. The minimum atomic E-state index is -0.825. The zero-order valence-corrected chi connectivity index (χ0v) is 22.9. The third kappa shape index (κ3) is 5.95. The van der Waals surface area contributed by atoms with Crippen LogP contribution in [0.3, 0.4) is 0 Å². The number of aryl methyl sites for hydroxylation is 3. The molecule has 8 heteroatoms. The molecule has 2 aromatic carbocycles. The quantitative estimate of drug-likeness (QED) is 0.347. The van der Waals surface area contributed by atoms with E-state index in [1.54, 1.807) is 28.2 Å². The van der Waals surface area contributed by atoms with E-state index < -0.39 is 6.04 Å². The van der Waals surface area contributed by atoms with Gasteiger partial charge in [-0.05, 0) is 55.5 Å². The van der Waals surface area contributed by atoms with Gasteiger partial charge < -0.3 is 9.88 Å². The summed E-state index contributed by atoms with van der Waals surface area (Å²) in [5.41, 5.74) is 4.30. The lowest BCUT2D eigenvalue weighted by atomic mass is 9.93. The van der Waals surface area contributed by atoms with Gasteiger partial charge in [0.15, 0.2) is 0 Å². The van der Waals surface area contributed by atoms with Gasteiger partial charge in [0, 0.05) is 42.9 Å². The van der Waals surface area contributed by atoms with Gasteiger partial charge in [0.1, 0.15) is 18.4 Å². The minimum absolute atomic E-state index is 0.0715. The Morgan fingerprint density at radius 3 is 2.54 bits per heavy atom.